The zero-order chi connectivity index (χ0) is 8.55. The van der Waals surface area contributed by atoms with Gasteiger partial charge in [-0.1, -0.05) is 0 Å². The second-order valence-corrected chi connectivity index (χ2v) is 2.98. The van der Waals surface area contributed by atoms with Crippen LogP contribution in [0.15, 0.2) is 24.5 Å². The van der Waals surface area contributed by atoms with Gasteiger partial charge in [0.15, 0.2) is 0 Å². The predicted octanol–water partition coefficient (Wildman–Crippen LogP) is 1.72. The van der Waals surface area contributed by atoms with E-state index in [-0.39, 0.29) is 0 Å². The Bertz CT molecular complexity index is 370. The lowest BCUT2D eigenvalue weighted by Crippen LogP contribution is -1.88. The SMILES string of the molecule is Cc1cc(-c2ccn[nH]2)n(C)c1. The monoisotopic (exact) mass is 161 g/mol. The number of hydrogen-bond donors (Lipinski definition) is 1. The van der Waals surface area contributed by atoms with E-state index >= 15 is 0 Å². The second-order valence-electron chi connectivity index (χ2n) is 2.98. The number of nitrogens with zero attached hydrogens (tertiary/aromatic N) is 2. The maximum absolute atomic E-state index is 3.91. The third-order valence-corrected chi connectivity index (χ3v) is 1.92. The Morgan fingerprint density at radius 2 is 2.33 bits per heavy atom. The minimum Gasteiger partial charge on any atom is -0.349 e. The average molecular weight is 161 g/mol. The van der Waals surface area contributed by atoms with E-state index in [4.69, 9.17) is 0 Å². The standard InChI is InChI=1S/C9H11N3/c1-7-5-9(12(2)6-7)8-3-4-10-11-8/h3-6H,1-2H3,(H,10,11). The average Bonchev–Trinajstić information content (AvgIpc) is 2.58. The summed E-state index contributed by atoms with van der Waals surface area (Å²) in [5, 5.41) is 6.85. The zero-order valence-electron chi connectivity index (χ0n) is 7.20. The maximum atomic E-state index is 3.91. The Labute approximate surface area is 71.0 Å². The number of nitrogens with one attached hydrogen (secondary N) is 1. The van der Waals surface area contributed by atoms with Crippen LogP contribution in [0.3, 0.4) is 0 Å². The van der Waals surface area contributed by atoms with Gasteiger partial charge in [0.25, 0.3) is 0 Å². The molecule has 0 fully saturated rings. The first kappa shape index (κ1) is 7.16. The van der Waals surface area contributed by atoms with Crippen LogP contribution >= 0.6 is 0 Å². The van der Waals surface area contributed by atoms with Gasteiger partial charge in [0, 0.05) is 19.4 Å². The lowest BCUT2D eigenvalue weighted by molar-refractivity contribution is 0.924. The van der Waals surface area contributed by atoms with Crippen molar-refractivity contribution in [1.29, 1.82) is 0 Å². The van der Waals surface area contributed by atoms with Crippen molar-refractivity contribution in [2.45, 2.75) is 6.92 Å². The van der Waals surface area contributed by atoms with Crippen molar-refractivity contribution in [1.82, 2.24) is 14.8 Å². The Morgan fingerprint density at radius 3 is 2.83 bits per heavy atom. The fourth-order valence-electron chi connectivity index (χ4n) is 1.40. The van der Waals surface area contributed by atoms with Crippen molar-refractivity contribution in [3.8, 4) is 11.4 Å². The maximum Gasteiger partial charge on any atom is 0.0814 e. The van der Waals surface area contributed by atoms with Crippen molar-refractivity contribution < 1.29 is 0 Å². The molecule has 0 atom stereocenters. The summed E-state index contributed by atoms with van der Waals surface area (Å²) in [6, 6.07) is 4.10. The molecule has 2 aromatic heterocycles. The molecule has 0 unspecified atom stereocenters. The van der Waals surface area contributed by atoms with E-state index in [9.17, 15) is 0 Å². The van der Waals surface area contributed by atoms with Crippen LogP contribution in [0.1, 0.15) is 5.56 Å². The van der Waals surface area contributed by atoms with Crippen LogP contribution in [-0.2, 0) is 7.05 Å². The van der Waals surface area contributed by atoms with Gasteiger partial charge >= 0.3 is 0 Å². The summed E-state index contributed by atoms with van der Waals surface area (Å²) in [7, 11) is 2.03. The smallest absolute Gasteiger partial charge is 0.0814 e. The second kappa shape index (κ2) is 2.52. The molecule has 2 rings (SSSR count). The first-order valence-electron chi connectivity index (χ1n) is 3.90. The molecule has 0 bridgehead atoms. The van der Waals surface area contributed by atoms with Crippen molar-refractivity contribution in [2.75, 3.05) is 0 Å². The van der Waals surface area contributed by atoms with Crippen LogP contribution in [0.2, 0.25) is 0 Å². The molecule has 0 amide bonds. The van der Waals surface area contributed by atoms with E-state index in [1.54, 1.807) is 6.20 Å². The van der Waals surface area contributed by atoms with Crippen molar-refractivity contribution in [3.05, 3.63) is 30.1 Å². The van der Waals surface area contributed by atoms with E-state index < -0.39 is 0 Å². The first-order chi connectivity index (χ1) is 5.77. The molecule has 0 saturated carbocycles. The molecule has 0 radical (unpaired) electrons. The number of aryl methyl sites for hydroxylation is 2. The van der Waals surface area contributed by atoms with E-state index in [0.29, 0.717) is 0 Å². The molecule has 3 heteroatoms. The highest BCUT2D eigenvalue weighted by Crippen LogP contribution is 2.17. The van der Waals surface area contributed by atoms with Gasteiger partial charge in [0.1, 0.15) is 0 Å². The molecule has 0 aliphatic rings. The number of aromatic amines is 1. The summed E-state index contributed by atoms with van der Waals surface area (Å²) in [6.45, 7) is 2.08. The fraction of sp³-hybridized carbons (Fsp3) is 0.222. The number of aromatic nitrogens is 3. The quantitative estimate of drug-likeness (QED) is 0.678. The van der Waals surface area contributed by atoms with Crippen molar-refractivity contribution in [3.63, 3.8) is 0 Å². The highest BCUT2D eigenvalue weighted by Gasteiger charge is 2.03. The Kier molecular flexibility index (Phi) is 1.50. The molecule has 12 heavy (non-hydrogen) atoms. The predicted molar refractivity (Wildman–Crippen MR) is 47.7 cm³/mol. The minimum absolute atomic E-state index is 1.06. The number of rotatable bonds is 1. The normalized spacial score (nSPS) is 10.5. The van der Waals surface area contributed by atoms with Crippen LogP contribution < -0.4 is 0 Å². The summed E-state index contributed by atoms with van der Waals surface area (Å²) in [6.07, 6.45) is 3.86. The van der Waals surface area contributed by atoms with Crippen LogP contribution in [0.5, 0.6) is 0 Å². The molecule has 0 aliphatic carbocycles. The zero-order valence-corrected chi connectivity index (χ0v) is 7.20. The minimum atomic E-state index is 1.06. The van der Waals surface area contributed by atoms with Crippen molar-refractivity contribution >= 4 is 0 Å². The molecule has 0 saturated heterocycles. The molecular weight excluding hydrogens is 150 g/mol. The van der Waals surface area contributed by atoms with E-state index in [1.807, 2.05) is 13.1 Å². The molecule has 1 N–H and O–H groups in total. The molecule has 0 aliphatic heterocycles. The molecule has 0 aromatic carbocycles. The van der Waals surface area contributed by atoms with Crippen LogP contribution in [0, 0.1) is 6.92 Å². The molecule has 0 spiro atoms. The Morgan fingerprint density at radius 1 is 1.50 bits per heavy atom. The third kappa shape index (κ3) is 1.03. The molecule has 62 valence electrons. The summed E-state index contributed by atoms with van der Waals surface area (Å²) in [5.41, 5.74) is 3.50. The van der Waals surface area contributed by atoms with Gasteiger partial charge < -0.3 is 4.57 Å². The van der Waals surface area contributed by atoms with Gasteiger partial charge in [-0.15, -0.1) is 0 Å². The summed E-state index contributed by atoms with van der Waals surface area (Å²) >= 11 is 0. The summed E-state index contributed by atoms with van der Waals surface area (Å²) in [5.74, 6) is 0. The molecule has 3 nitrogen and oxygen atoms in total. The fourth-order valence-corrected chi connectivity index (χ4v) is 1.40. The van der Waals surface area contributed by atoms with E-state index in [2.05, 4.69) is 34.0 Å². The molecular formula is C9H11N3. The largest absolute Gasteiger partial charge is 0.349 e. The molecule has 2 aromatic rings. The van der Waals surface area contributed by atoms with Gasteiger partial charge in [0.05, 0.1) is 11.4 Å². The van der Waals surface area contributed by atoms with Gasteiger partial charge in [0.2, 0.25) is 0 Å². The Balaban J connectivity index is 2.54. The highest BCUT2D eigenvalue weighted by molar-refractivity contribution is 5.55. The number of H-pyrrole nitrogens is 1. The lowest BCUT2D eigenvalue weighted by atomic mass is 10.3. The van der Waals surface area contributed by atoms with Gasteiger partial charge in [-0.25, -0.2) is 0 Å². The third-order valence-electron chi connectivity index (χ3n) is 1.92. The summed E-state index contributed by atoms with van der Waals surface area (Å²) in [4.78, 5) is 0. The van der Waals surface area contributed by atoms with Gasteiger partial charge in [-0.05, 0) is 24.6 Å². The molecule has 2 heterocycles. The van der Waals surface area contributed by atoms with Gasteiger partial charge in [-0.2, -0.15) is 5.10 Å². The van der Waals surface area contributed by atoms with E-state index in [0.717, 1.165) is 5.69 Å². The Hall–Kier alpha value is -1.51. The van der Waals surface area contributed by atoms with Crippen LogP contribution in [0.25, 0.3) is 11.4 Å². The van der Waals surface area contributed by atoms with Crippen LogP contribution in [0.4, 0.5) is 0 Å². The highest BCUT2D eigenvalue weighted by atomic mass is 15.1. The van der Waals surface area contributed by atoms with Crippen molar-refractivity contribution in [2.24, 2.45) is 7.05 Å². The van der Waals surface area contributed by atoms with Gasteiger partial charge in [-0.3, -0.25) is 5.10 Å². The van der Waals surface area contributed by atoms with E-state index in [1.165, 1.54) is 11.3 Å². The van der Waals surface area contributed by atoms with Crippen LogP contribution in [-0.4, -0.2) is 14.8 Å². The first-order valence-corrected chi connectivity index (χ1v) is 3.90. The topological polar surface area (TPSA) is 33.6 Å². The lowest BCUT2D eigenvalue weighted by Gasteiger charge is -1.97. The summed E-state index contributed by atoms with van der Waals surface area (Å²) < 4.78 is 2.09. The number of hydrogen-bond acceptors (Lipinski definition) is 1.